The molecule has 7 heteroatoms. The molecule has 2 atom stereocenters. The molecule has 1 saturated heterocycles. The quantitative estimate of drug-likeness (QED) is 0.738. The highest BCUT2D eigenvalue weighted by Crippen LogP contribution is 2.35. The number of carbonyl (C=O) groups is 2. The summed E-state index contributed by atoms with van der Waals surface area (Å²) in [5.41, 5.74) is 0.194. The summed E-state index contributed by atoms with van der Waals surface area (Å²) in [6, 6.07) is 5.90. The standard InChI is InChI=1S/C22H25N3O4/c1-15-20(17(13-23)21(29-15)24-10-4-5-11-24)22(27)28-14-19(26)25-12-6-8-16-7-2-3-9-18(16)25/h4-5,10-11,16,18H,2-3,6-9,12,14H2,1H3/t16-,18-/m1/s1. The van der Waals surface area contributed by atoms with E-state index in [-0.39, 0.29) is 35.6 Å². The molecule has 1 aliphatic carbocycles. The Bertz CT molecular complexity index is 936. The van der Waals surface area contributed by atoms with Gasteiger partial charge in [0.05, 0.1) is 0 Å². The minimum atomic E-state index is -0.702. The maximum absolute atomic E-state index is 12.8. The van der Waals surface area contributed by atoms with Crippen molar-refractivity contribution in [3.63, 3.8) is 0 Å². The lowest BCUT2D eigenvalue weighted by Crippen LogP contribution is -2.50. The third-order valence-corrected chi connectivity index (χ3v) is 6.11. The van der Waals surface area contributed by atoms with Gasteiger partial charge in [0.25, 0.3) is 5.91 Å². The number of carbonyl (C=O) groups excluding carboxylic acids is 2. The number of hydrogen-bond donors (Lipinski definition) is 0. The van der Waals surface area contributed by atoms with Crippen LogP contribution in [0.5, 0.6) is 0 Å². The van der Waals surface area contributed by atoms with Gasteiger partial charge in [-0.15, -0.1) is 0 Å². The molecular weight excluding hydrogens is 370 g/mol. The molecule has 1 aliphatic heterocycles. The molecule has 2 aliphatic rings. The summed E-state index contributed by atoms with van der Waals surface area (Å²) in [6.07, 6.45) is 10.2. The second-order valence-corrected chi connectivity index (χ2v) is 7.83. The fourth-order valence-corrected chi connectivity index (χ4v) is 4.75. The van der Waals surface area contributed by atoms with Gasteiger partial charge in [0.2, 0.25) is 5.88 Å². The maximum atomic E-state index is 12.8. The van der Waals surface area contributed by atoms with E-state index >= 15 is 0 Å². The molecule has 0 N–H and O–H groups in total. The summed E-state index contributed by atoms with van der Waals surface area (Å²) in [6.45, 7) is 2.03. The molecule has 0 unspecified atom stereocenters. The lowest BCUT2D eigenvalue weighted by atomic mass is 9.78. The van der Waals surface area contributed by atoms with Crippen molar-refractivity contribution in [3.8, 4) is 12.0 Å². The minimum absolute atomic E-state index is 0.0817. The van der Waals surface area contributed by atoms with E-state index in [0.29, 0.717) is 11.7 Å². The first-order valence-electron chi connectivity index (χ1n) is 10.2. The molecule has 0 aromatic carbocycles. The Morgan fingerprint density at radius 2 is 1.93 bits per heavy atom. The Labute approximate surface area is 169 Å². The van der Waals surface area contributed by atoms with Crippen molar-refractivity contribution in [2.24, 2.45) is 5.92 Å². The zero-order valence-corrected chi connectivity index (χ0v) is 16.6. The first-order valence-corrected chi connectivity index (χ1v) is 10.2. The van der Waals surface area contributed by atoms with Crippen LogP contribution in [0.15, 0.2) is 28.9 Å². The molecule has 2 aromatic heterocycles. The Morgan fingerprint density at radius 3 is 2.69 bits per heavy atom. The smallest absolute Gasteiger partial charge is 0.343 e. The summed E-state index contributed by atoms with van der Waals surface area (Å²) in [4.78, 5) is 27.4. The monoisotopic (exact) mass is 395 g/mol. The van der Waals surface area contributed by atoms with Gasteiger partial charge < -0.3 is 14.1 Å². The molecule has 0 bridgehead atoms. The Hall–Kier alpha value is -3.01. The van der Waals surface area contributed by atoms with E-state index < -0.39 is 5.97 Å². The number of rotatable bonds is 4. The molecule has 1 saturated carbocycles. The lowest BCUT2D eigenvalue weighted by molar-refractivity contribution is -0.140. The molecule has 7 nitrogen and oxygen atoms in total. The number of amides is 1. The summed E-state index contributed by atoms with van der Waals surface area (Å²) < 4.78 is 12.6. The average molecular weight is 395 g/mol. The predicted octanol–water partition coefficient (Wildman–Crippen LogP) is 3.59. The molecule has 29 heavy (non-hydrogen) atoms. The highest BCUT2D eigenvalue weighted by Gasteiger charge is 2.36. The third kappa shape index (κ3) is 3.67. The Morgan fingerprint density at radius 1 is 1.21 bits per heavy atom. The van der Waals surface area contributed by atoms with Crippen molar-refractivity contribution in [3.05, 3.63) is 41.4 Å². The molecule has 152 valence electrons. The molecule has 1 amide bonds. The summed E-state index contributed by atoms with van der Waals surface area (Å²) in [7, 11) is 0. The van der Waals surface area contributed by atoms with Crippen LogP contribution in [0.3, 0.4) is 0 Å². The number of fused-ring (bicyclic) bond motifs is 1. The average Bonchev–Trinajstić information content (AvgIpc) is 3.38. The van der Waals surface area contributed by atoms with Crippen molar-refractivity contribution in [2.75, 3.05) is 13.2 Å². The van der Waals surface area contributed by atoms with Crippen molar-refractivity contribution in [1.29, 1.82) is 5.26 Å². The van der Waals surface area contributed by atoms with Crippen LogP contribution in [-0.2, 0) is 9.53 Å². The Kier molecular flexibility index (Phi) is 5.43. The first-order chi connectivity index (χ1) is 14.1. The fourth-order valence-electron chi connectivity index (χ4n) is 4.75. The van der Waals surface area contributed by atoms with Crippen LogP contribution in [0.25, 0.3) is 5.88 Å². The number of hydrogen-bond acceptors (Lipinski definition) is 5. The largest absolute Gasteiger partial charge is 0.452 e. The van der Waals surface area contributed by atoms with E-state index in [1.54, 1.807) is 36.0 Å². The van der Waals surface area contributed by atoms with Crippen LogP contribution < -0.4 is 0 Å². The third-order valence-electron chi connectivity index (χ3n) is 6.11. The molecule has 2 fully saturated rings. The van der Waals surface area contributed by atoms with Crippen LogP contribution in [-0.4, -0.2) is 40.5 Å². The van der Waals surface area contributed by atoms with Crippen LogP contribution in [0, 0.1) is 24.2 Å². The van der Waals surface area contributed by atoms with Gasteiger partial charge in [-0.25, -0.2) is 4.79 Å². The number of nitrogens with zero attached hydrogens (tertiary/aromatic N) is 3. The van der Waals surface area contributed by atoms with Gasteiger partial charge in [-0.2, -0.15) is 5.26 Å². The normalized spacial score (nSPS) is 21.3. The number of nitriles is 1. The topological polar surface area (TPSA) is 88.5 Å². The summed E-state index contributed by atoms with van der Waals surface area (Å²) >= 11 is 0. The number of likely N-dealkylation sites (tertiary alicyclic amines) is 1. The number of aryl methyl sites for hydroxylation is 1. The SMILES string of the molecule is Cc1oc(-n2cccc2)c(C#N)c1C(=O)OCC(=O)N1CCC[C@H]2CCCC[C@H]21. The fraction of sp³-hybridized carbons (Fsp3) is 0.500. The number of esters is 1. The molecule has 2 aromatic rings. The van der Waals surface area contributed by atoms with Gasteiger partial charge in [0.15, 0.2) is 6.61 Å². The van der Waals surface area contributed by atoms with Crippen molar-refractivity contribution in [2.45, 2.75) is 51.5 Å². The van der Waals surface area contributed by atoms with E-state index in [9.17, 15) is 14.9 Å². The lowest BCUT2D eigenvalue weighted by Gasteiger charge is -2.44. The predicted molar refractivity (Wildman–Crippen MR) is 104 cm³/mol. The van der Waals surface area contributed by atoms with Crippen LogP contribution in [0.1, 0.15) is 60.2 Å². The van der Waals surface area contributed by atoms with Gasteiger partial charge in [0, 0.05) is 25.0 Å². The maximum Gasteiger partial charge on any atom is 0.343 e. The second-order valence-electron chi connectivity index (χ2n) is 7.83. The molecule has 3 heterocycles. The van der Waals surface area contributed by atoms with E-state index in [4.69, 9.17) is 9.15 Å². The van der Waals surface area contributed by atoms with Gasteiger partial charge in [-0.1, -0.05) is 12.8 Å². The number of aromatic nitrogens is 1. The molecule has 0 radical (unpaired) electrons. The van der Waals surface area contributed by atoms with Crippen molar-refractivity contribution < 1.29 is 18.7 Å². The van der Waals surface area contributed by atoms with Gasteiger partial charge >= 0.3 is 5.97 Å². The zero-order chi connectivity index (χ0) is 20.4. The van der Waals surface area contributed by atoms with Gasteiger partial charge in [0.1, 0.15) is 23.0 Å². The van der Waals surface area contributed by atoms with E-state index in [2.05, 4.69) is 0 Å². The van der Waals surface area contributed by atoms with E-state index in [1.807, 2.05) is 11.0 Å². The minimum Gasteiger partial charge on any atom is -0.452 e. The van der Waals surface area contributed by atoms with Crippen LogP contribution in [0.2, 0.25) is 0 Å². The van der Waals surface area contributed by atoms with Crippen LogP contribution >= 0.6 is 0 Å². The summed E-state index contributed by atoms with van der Waals surface area (Å²) in [5, 5.41) is 9.56. The van der Waals surface area contributed by atoms with E-state index in [0.717, 1.165) is 25.8 Å². The second kappa shape index (κ2) is 8.16. The number of piperidine rings is 1. The molecule has 0 spiro atoms. The molecular formula is C22H25N3O4. The first kappa shape index (κ1) is 19.3. The van der Waals surface area contributed by atoms with Gasteiger partial charge in [-0.3, -0.25) is 9.36 Å². The molecule has 4 rings (SSSR count). The van der Waals surface area contributed by atoms with E-state index in [1.165, 1.54) is 19.3 Å². The van der Waals surface area contributed by atoms with Gasteiger partial charge in [-0.05, 0) is 50.7 Å². The number of ether oxygens (including phenoxy) is 1. The highest BCUT2D eigenvalue weighted by molar-refractivity contribution is 5.95. The Balaban J connectivity index is 1.46. The highest BCUT2D eigenvalue weighted by atomic mass is 16.5. The number of furan rings is 1. The zero-order valence-electron chi connectivity index (χ0n) is 16.6. The van der Waals surface area contributed by atoms with Crippen molar-refractivity contribution in [1.82, 2.24) is 9.47 Å². The van der Waals surface area contributed by atoms with Crippen molar-refractivity contribution >= 4 is 11.9 Å². The summed E-state index contributed by atoms with van der Waals surface area (Å²) in [5.74, 6) is 0.289. The van der Waals surface area contributed by atoms with Crippen LogP contribution in [0.4, 0.5) is 0 Å².